The molecule has 0 saturated heterocycles. The number of rotatable bonds is 16. The molecule has 0 atom stereocenters. The lowest BCUT2D eigenvalue weighted by Gasteiger charge is -2.27. The van der Waals surface area contributed by atoms with Gasteiger partial charge in [0.2, 0.25) is 0 Å². The number of hydrogen-bond donors (Lipinski definition) is 0. The summed E-state index contributed by atoms with van der Waals surface area (Å²) >= 11 is 5.67. The third-order valence-corrected chi connectivity index (χ3v) is 9.82. The summed E-state index contributed by atoms with van der Waals surface area (Å²) in [5.74, 6) is 0.834. The Hall–Kier alpha value is 0.467. The second kappa shape index (κ2) is 15.4. The largest absolute Gasteiger partial charge is 0.417 e. The lowest BCUT2D eigenvalue weighted by atomic mass is 10.1. The van der Waals surface area contributed by atoms with Crippen LogP contribution < -0.4 is 0 Å². The predicted octanol–water partition coefficient (Wildman–Crippen LogP) is 7.15. The molecule has 0 unspecified atom stereocenters. The average molecular weight is 335 g/mol. The summed E-state index contributed by atoms with van der Waals surface area (Å²) < 4.78 is 6.29. The Balaban J connectivity index is 3.29. The van der Waals surface area contributed by atoms with E-state index in [2.05, 4.69) is 20.8 Å². The first-order chi connectivity index (χ1) is 10.2. The fourth-order valence-electron chi connectivity index (χ4n) is 2.96. The Morgan fingerprint density at radius 2 is 1.00 bits per heavy atom. The quantitative estimate of drug-likeness (QED) is 0.165. The van der Waals surface area contributed by atoms with Crippen molar-refractivity contribution in [1.29, 1.82) is 0 Å². The molecule has 0 aromatic carbocycles. The number of unbranched alkanes of at least 4 members (excludes halogenated alkanes) is 9. The van der Waals surface area contributed by atoms with Crippen LogP contribution in [-0.2, 0) is 4.43 Å². The Bertz CT molecular complexity index is 199. The van der Waals surface area contributed by atoms with E-state index in [4.69, 9.17) is 16.0 Å². The molecule has 0 radical (unpaired) electrons. The van der Waals surface area contributed by atoms with Gasteiger partial charge in [-0.1, -0.05) is 72.1 Å². The van der Waals surface area contributed by atoms with Gasteiger partial charge in [-0.3, -0.25) is 0 Å². The van der Waals surface area contributed by atoms with Gasteiger partial charge in [0.1, 0.15) is 0 Å². The lowest BCUT2D eigenvalue weighted by Crippen LogP contribution is -2.36. The van der Waals surface area contributed by atoms with Crippen LogP contribution in [0.2, 0.25) is 18.1 Å². The molecule has 0 aromatic rings. The van der Waals surface area contributed by atoms with Gasteiger partial charge in [-0.05, 0) is 31.0 Å². The molecule has 0 amide bonds. The third kappa shape index (κ3) is 11.7. The minimum atomic E-state index is -1.32. The van der Waals surface area contributed by atoms with E-state index in [1.165, 1.54) is 82.3 Å². The van der Waals surface area contributed by atoms with Gasteiger partial charge in [0.15, 0.2) is 8.32 Å². The van der Waals surface area contributed by atoms with Crippen LogP contribution in [0.3, 0.4) is 0 Å². The van der Waals surface area contributed by atoms with Crippen molar-refractivity contribution in [3.63, 3.8) is 0 Å². The van der Waals surface area contributed by atoms with Gasteiger partial charge >= 0.3 is 0 Å². The predicted molar refractivity (Wildman–Crippen MR) is 100 cm³/mol. The minimum absolute atomic E-state index is 0.834. The first-order valence-corrected chi connectivity index (χ1v) is 12.5. The van der Waals surface area contributed by atoms with Crippen LogP contribution in [0, 0.1) is 0 Å². The number of hydrogen-bond acceptors (Lipinski definition) is 1. The highest BCUT2D eigenvalue weighted by Gasteiger charge is 2.27. The van der Waals surface area contributed by atoms with Crippen molar-refractivity contribution in [2.45, 2.75) is 103 Å². The Morgan fingerprint density at radius 3 is 1.38 bits per heavy atom. The van der Waals surface area contributed by atoms with Crippen molar-refractivity contribution in [2.24, 2.45) is 0 Å². The molecule has 0 fully saturated rings. The van der Waals surface area contributed by atoms with E-state index in [1.807, 2.05) is 0 Å². The maximum Gasteiger partial charge on any atom is 0.191 e. The zero-order chi connectivity index (χ0) is 15.8. The summed E-state index contributed by atoms with van der Waals surface area (Å²) in [4.78, 5) is 0. The van der Waals surface area contributed by atoms with Gasteiger partial charge in [0, 0.05) is 12.5 Å². The van der Waals surface area contributed by atoms with Crippen LogP contribution in [-0.4, -0.2) is 20.8 Å². The third-order valence-electron chi connectivity index (χ3n) is 4.87. The molecule has 0 heterocycles. The first kappa shape index (κ1) is 21.5. The number of alkyl halides is 1. The molecule has 0 aliphatic heterocycles. The average Bonchev–Trinajstić information content (AvgIpc) is 2.53. The van der Waals surface area contributed by atoms with Gasteiger partial charge in [-0.25, -0.2) is 0 Å². The zero-order valence-electron chi connectivity index (χ0n) is 14.9. The van der Waals surface area contributed by atoms with E-state index < -0.39 is 8.32 Å². The fourth-order valence-corrected chi connectivity index (χ4v) is 5.83. The van der Waals surface area contributed by atoms with Gasteiger partial charge in [-0.15, -0.1) is 11.6 Å². The smallest absolute Gasteiger partial charge is 0.191 e. The van der Waals surface area contributed by atoms with E-state index in [9.17, 15) is 0 Å². The first-order valence-electron chi connectivity index (χ1n) is 9.44. The van der Waals surface area contributed by atoms with Crippen molar-refractivity contribution in [3.05, 3.63) is 0 Å². The Kier molecular flexibility index (Phi) is 15.7. The second-order valence-corrected chi connectivity index (χ2v) is 11.5. The van der Waals surface area contributed by atoms with Gasteiger partial charge < -0.3 is 4.43 Å². The molecule has 0 N–H and O–H groups in total. The van der Waals surface area contributed by atoms with E-state index >= 15 is 0 Å². The highest BCUT2D eigenvalue weighted by molar-refractivity contribution is 6.73. The van der Waals surface area contributed by atoms with Crippen LogP contribution >= 0.6 is 11.6 Å². The van der Waals surface area contributed by atoms with Crippen LogP contribution in [0.25, 0.3) is 0 Å². The molecule has 21 heavy (non-hydrogen) atoms. The second-order valence-electron chi connectivity index (χ2n) is 6.32. The Labute approximate surface area is 140 Å². The van der Waals surface area contributed by atoms with Gasteiger partial charge in [0.05, 0.1) is 0 Å². The van der Waals surface area contributed by atoms with E-state index in [-0.39, 0.29) is 0 Å². The molecular formula is C18H39ClOSi. The summed E-state index contributed by atoms with van der Waals surface area (Å²) in [5, 5.41) is 0. The van der Waals surface area contributed by atoms with Crippen molar-refractivity contribution < 1.29 is 4.43 Å². The van der Waals surface area contributed by atoms with Crippen LogP contribution in [0.1, 0.15) is 85.0 Å². The summed E-state index contributed by atoms with van der Waals surface area (Å²) in [5.41, 5.74) is 0. The highest BCUT2D eigenvalue weighted by Crippen LogP contribution is 2.22. The Morgan fingerprint density at radius 1 is 0.619 bits per heavy atom. The normalized spacial score (nSPS) is 12.0. The van der Waals surface area contributed by atoms with Gasteiger partial charge in [0.25, 0.3) is 0 Å². The molecule has 3 heteroatoms. The molecule has 0 spiro atoms. The van der Waals surface area contributed by atoms with Crippen LogP contribution in [0.15, 0.2) is 0 Å². The van der Waals surface area contributed by atoms with Crippen LogP contribution in [0.5, 0.6) is 0 Å². The van der Waals surface area contributed by atoms with Crippen molar-refractivity contribution in [1.82, 2.24) is 0 Å². The number of halogens is 1. The van der Waals surface area contributed by atoms with E-state index in [1.54, 1.807) is 0 Å². The van der Waals surface area contributed by atoms with Gasteiger partial charge in [-0.2, -0.15) is 0 Å². The zero-order valence-corrected chi connectivity index (χ0v) is 16.6. The molecule has 1 nitrogen and oxygen atoms in total. The molecular weight excluding hydrogens is 296 g/mol. The van der Waals surface area contributed by atoms with Crippen molar-refractivity contribution in [3.8, 4) is 0 Å². The summed E-state index contributed by atoms with van der Waals surface area (Å²) in [6.45, 7) is 7.95. The molecule has 0 bridgehead atoms. The molecule has 0 aliphatic rings. The monoisotopic (exact) mass is 334 g/mol. The van der Waals surface area contributed by atoms with Crippen molar-refractivity contribution >= 4 is 19.9 Å². The fraction of sp³-hybridized carbons (Fsp3) is 1.00. The highest BCUT2D eigenvalue weighted by atomic mass is 35.5. The maximum atomic E-state index is 6.29. The summed E-state index contributed by atoms with van der Waals surface area (Å²) in [7, 11) is -1.32. The molecule has 0 rings (SSSR count). The van der Waals surface area contributed by atoms with E-state index in [0.717, 1.165) is 12.5 Å². The SMILES string of the molecule is CC[Si](CC)(CC)OCCCCCCCCCCCCCl. The molecule has 0 aliphatic carbocycles. The topological polar surface area (TPSA) is 9.23 Å². The summed E-state index contributed by atoms with van der Waals surface area (Å²) in [6.07, 6.45) is 13.5. The molecule has 0 aromatic heterocycles. The maximum absolute atomic E-state index is 6.29. The standard InChI is InChI=1S/C18H39ClOSi/c1-4-21(5-2,6-3)20-18-16-14-12-10-8-7-9-11-13-15-17-19/h4-18H2,1-3H3. The minimum Gasteiger partial charge on any atom is -0.417 e. The lowest BCUT2D eigenvalue weighted by molar-refractivity contribution is 0.287. The molecule has 0 saturated carbocycles. The molecule has 128 valence electrons. The van der Waals surface area contributed by atoms with Crippen molar-refractivity contribution in [2.75, 3.05) is 12.5 Å². The summed E-state index contributed by atoms with van der Waals surface area (Å²) in [6, 6.07) is 3.84. The van der Waals surface area contributed by atoms with Crippen LogP contribution in [0.4, 0.5) is 0 Å². The van der Waals surface area contributed by atoms with E-state index in [0.29, 0.717) is 0 Å².